The predicted molar refractivity (Wildman–Crippen MR) is 114 cm³/mol. The van der Waals surface area contributed by atoms with Crippen LogP contribution in [0.5, 0.6) is 0 Å². The number of benzene rings is 1. The number of thiophene rings is 1. The van der Waals surface area contributed by atoms with Crippen LogP contribution in [0.4, 0.5) is 18.9 Å². The average Bonchev–Trinajstić information content (AvgIpc) is 3.27. The summed E-state index contributed by atoms with van der Waals surface area (Å²) in [6.07, 6.45) is -3.76. The van der Waals surface area contributed by atoms with Gasteiger partial charge in [0.05, 0.1) is 23.1 Å². The van der Waals surface area contributed by atoms with Crippen LogP contribution in [-0.2, 0) is 20.8 Å². The predicted octanol–water partition coefficient (Wildman–Crippen LogP) is 3.98. The molecule has 10 heteroatoms. The Morgan fingerprint density at radius 3 is 2.45 bits per heavy atom. The molecule has 1 aromatic heterocycles. The van der Waals surface area contributed by atoms with Crippen molar-refractivity contribution in [3.05, 3.63) is 52.2 Å². The van der Waals surface area contributed by atoms with Crippen molar-refractivity contribution in [1.82, 2.24) is 4.90 Å². The summed E-state index contributed by atoms with van der Waals surface area (Å²) in [6, 6.07) is 8.79. The minimum Gasteiger partial charge on any atom is -0.367 e. The first-order valence-electron chi connectivity index (χ1n) is 10.1. The van der Waals surface area contributed by atoms with Gasteiger partial charge < -0.3 is 9.80 Å². The Labute approximate surface area is 183 Å². The van der Waals surface area contributed by atoms with Crippen LogP contribution in [0.3, 0.4) is 0 Å². The number of piperazine rings is 1. The molecule has 2 aliphatic heterocycles. The molecule has 0 N–H and O–H groups in total. The number of hydrogen-bond donors (Lipinski definition) is 0. The van der Waals surface area contributed by atoms with E-state index in [4.69, 9.17) is 0 Å². The SMILES string of the molecule is O=C(C1CCS(=O)(=O)CC1)N1CCN(c2cccc(C(F)(F)F)c2)CC1c1cccs1. The van der Waals surface area contributed by atoms with E-state index < -0.39 is 21.6 Å². The number of amides is 1. The number of hydrogen-bond acceptors (Lipinski definition) is 5. The number of anilines is 1. The lowest BCUT2D eigenvalue weighted by Gasteiger charge is -2.43. The van der Waals surface area contributed by atoms with E-state index in [1.807, 2.05) is 22.4 Å². The Morgan fingerprint density at radius 2 is 1.81 bits per heavy atom. The molecule has 0 saturated carbocycles. The number of sulfone groups is 1. The van der Waals surface area contributed by atoms with Gasteiger partial charge in [-0.25, -0.2) is 8.42 Å². The molecule has 168 valence electrons. The summed E-state index contributed by atoms with van der Waals surface area (Å²) in [6.45, 7) is 1.18. The van der Waals surface area contributed by atoms with E-state index in [1.165, 1.54) is 17.4 Å². The molecule has 0 radical (unpaired) electrons. The molecule has 1 atom stereocenters. The van der Waals surface area contributed by atoms with Crippen LogP contribution in [0.15, 0.2) is 41.8 Å². The molecule has 5 nitrogen and oxygen atoms in total. The standard InChI is InChI=1S/C21H23F3N2O3S2/c22-21(23,24)16-3-1-4-17(13-16)25-8-9-26(18(14-25)19-5-2-10-30-19)20(27)15-6-11-31(28,29)12-7-15/h1-5,10,13,15,18H,6-9,11-12,14H2. The van der Waals surface area contributed by atoms with Gasteiger partial charge in [-0.15, -0.1) is 11.3 Å². The summed E-state index contributed by atoms with van der Waals surface area (Å²) in [4.78, 5) is 17.9. The van der Waals surface area contributed by atoms with E-state index in [2.05, 4.69) is 0 Å². The summed E-state index contributed by atoms with van der Waals surface area (Å²) in [5, 5.41) is 1.91. The van der Waals surface area contributed by atoms with Crippen molar-refractivity contribution in [2.24, 2.45) is 5.92 Å². The van der Waals surface area contributed by atoms with E-state index in [1.54, 1.807) is 11.0 Å². The number of alkyl halides is 3. The van der Waals surface area contributed by atoms with Gasteiger partial charge in [-0.1, -0.05) is 12.1 Å². The topological polar surface area (TPSA) is 57.7 Å². The fourth-order valence-corrected chi connectivity index (χ4v) is 6.58. The molecule has 1 aromatic carbocycles. The highest BCUT2D eigenvalue weighted by Gasteiger charge is 2.38. The van der Waals surface area contributed by atoms with Gasteiger partial charge in [-0.3, -0.25) is 4.79 Å². The Hall–Kier alpha value is -2.07. The van der Waals surface area contributed by atoms with Crippen molar-refractivity contribution in [1.29, 1.82) is 0 Å². The van der Waals surface area contributed by atoms with Crippen LogP contribution in [0, 0.1) is 5.92 Å². The maximum atomic E-state index is 13.3. The third-order valence-electron chi connectivity index (χ3n) is 5.98. The molecule has 3 heterocycles. The van der Waals surface area contributed by atoms with E-state index in [0.29, 0.717) is 38.2 Å². The highest BCUT2D eigenvalue weighted by molar-refractivity contribution is 7.91. The Kier molecular flexibility index (Phi) is 6.04. The van der Waals surface area contributed by atoms with Crippen molar-refractivity contribution < 1.29 is 26.4 Å². The van der Waals surface area contributed by atoms with Gasteiger partial charge in [0.2, 0.25) is 5.91 Å². The minimum absolute atomic E-state index is 0.0251. The second kappa shape index (κ2) is 8.46. The lowest BCUT2D eigenvalue weighted by Crippen LogP contribution is -2.52. The highest BCUT2D eigenvalue weighted by atomic mass is 32.2. The van der Waals surface area contributed by atoms with Crippen molar-refractivity contribution in [3.63, 3.8) is 0 Å². The van der Waals surface area contributed by atoms with Crippen LogP contribution in [0.1, 0.15) is 29.3 Å². The summed E-state index contributed by atoms with van der Waals surface area (Å²) in [7, 11) is -3.07. The van der Waals surface area contributed by atoms with Crippen LogP contribution < -0.4 is 4.90 Å². The molecule has 0 spiro atoms. The lowest BCUT2D eigenvalue weighted by atomic mass is 9.98. The normalized spacial score (nSPS) is 22.5. The number of nitrogens with zero attached hydrogens (tertiary/aromatic N) is 2. The first kappa shape index (κ1) is 22.1. The first-order valence-corrected chi connectivity index (χ1v) is 12.8. The van der Waals surface area contributed by atoms with E-state index >= 15 is 0 Å². The fourth-order valence-electron chi connectivity index (χ4n) is 4.26. The van der Waals surface area contributed by atoms with E-state index in [-0.39, 0.29) is 29.4 Å². The molecule has 0 aliphatic carbocycles. The molecule has 31 heavy (non-hydrogen) atoms. The molecule has 2 fully saturated rings. The number of carbonyl (C=O) groups excluding carboxylic acids is 1. The zero-order valence-corrected chi connectivity index (χ0v) is 18.3. The fraction of sp³-hybridized carbons (Fsp3) is 0.476. The maximum absolute atomic E-state index is 13.3. The van der Waals surface area contributed by atoms with Gasteiger partial charge in [0.1, 0.15) is 9.84 Å². The molecule has 0 bridgehead atoms. The molecule has 2 aromatic rings. The lowest BCUT2D eigenvalue weighted by molar-refractivity contribution is -0.139. The summed E-state index contributed by atoms with van der Waals surface area (Å²) in [5.74, 6) is -0.336. The third kappa shape index (κ3) is 4.90. The highest BCUT2D eigenvalue weighted by Crippen LogP contribution is 2.36. The minimum atomic E-state index is -4.41. The molecule has 2 aliphatic rings. The van der Waals surface area contributed by atoms with Gasteiger partial charge in [0.25, 0.3) is 0 Å². The van der Waals surface area contributed by atoms with Crippen molar-refractivity contribution in [2.75, 3.05) is 36.0 Å². The molecular weight excluding hydrogens is 449 g/mol. The smallest absolute Gasteiger partial charge is 0.367 e. The third-order valence-corrected chi connectivity index (χ3v) is 8.67. The Bertz CT molecular complexity index is 1020. The van der Waals surface area contributed by atoms with Gasteiger partial charge in [0.15, 0.2) is 0 Å². The second-order valence-electron chi connectivity index (χ2n) is 7.98. The number of carbonyl (C=O) groups is 1. The van der Waals surface area contributed by atoms with Crippen LogP contribution in [0.25, 0.3) is 0 Å². The second-order valence-corrected chi connectivity index (χ2v) is 11.3. The summed E-state index contributed by atoms with van der Waals surface area (Å²) < 4.78 is 62.9. The number of rotatable bonds is 3. The van der Waals surface area contributed by atoms with Gasteiger partial charge in [-0.2, -0.15) is 13.2 Å². The van der Waals surface area contributed by atoms with Crippen LogP contribution in [-0.4, -0.2) is 50.4 Å². The van der Waals surface area contributed by atoms with E-state index in [0.717, 1.165) is 17.0 Å². The van der Waals surface area contributed by atoms with Crippen LogP contribution >= 0.6 is 11.3 Å². The zero-order chi connectivity index (χ0) is 22.2. The average molecular weight is 473 g/mol. The first-order chi connectivity index (χ1) is 14.6. The monoisotopic (exact) mass is 472 g/mol. The maximum Gasteiger partial charge on any atom is 0.416 e. The van der Waals surface area contributed by atoms with Gasteiger partial charge >= 0.3 is 6.18 Å². The largest absolute Gasteiger partial charge is 0.416 e. The Morgan fingerprint density at radius 1 is 1.06 bits per heavy atom. The van der Waals surface area contributed by atoms with Gasteiger partial charge in [0, 0.05) is 36.1 Å². The quantitative estimate of drug-likeness (QED) is 0.678. The van der Waals surface area contributed by atoms with Crippen molar-refractivity contribution in [3.8, 4) is 0 Å². The van der Waals surface area contributed by atoms with Crippen molar-refractivity contribution >= 4 is 32.8 Å². The Balaban J connectivity index is 1.56. The zero-order valence-electron chi connectivity index (χ0n) is 16.7. The molecule has 2 saturated heterocycles. The molecular formula is C21H23F3N2O3S2. The van der Waals surface area contributed by atoms with Crippen LogP contribution in [0.2, 0.25) is 0 Å². The summed E-state index contributed by atoms with van der Waals surface area (Å²) in [5.41, 5.74) is -0.216. The molecule has 1 amide bonds. The van der Waals surface area contributed by atoms with E-state index in [9.17, 15) is 26.4 Å². The van der Waals surface area contributed by atoms with Crippen molar-refractivity contribution in [2.45, 2.75) is 25.1 Å². The number of halogens is 3. The summed E-state index contributed by atoms with van der Waals surface area (Å²) >= 11 is 1.51. The molecule has 1 unspecified atom stereocenters. The molecule has 4 rings (SSSR count). The van der Waals surface area contributed by atoms with Gasteiger partial charge in [-0.05, 0) is 42.5 Å².